The van der Waals surface area contributed by atoms with Gasteiger partial charge in [0, 0.05) is 43.0 Å². The van der Waals surface area contributed by atoms with Crippen LogP contribution in [-0.2, 0) is 22.5 Å². The summed E-state index contributed by atoms with van der Waals surface area (Å²) in [6, 6.07) is 6.83. The van der Waals surface area contributed by atoms with E-state index in [0.717, 1.165) is 29.7 Å². The number of ether oxygens (including phenoxy) is 1. The molecule has 0 radical (unpaired) electrons. The largest absolute Gasteiger partial charge is 0.380 e. The van der Waals surface area contributed by atoms with Crippen molar-refractivity contribution in [1.29, 1.82) is 0 Å². The SMILES string of the molecule is CC(C)c1c[nH]c2ncc(-c3cc4c(c([C@@H]5COCCN5)c3)CN(C(=O)C3(O)CC3)CC4)cc12. The summed E-state index contributed by atoms with van der Waals surface area (Å²) in [6.07, 6.45) is 5.94. The molecule has 0 bridgehead atoms. The van der Waals surface area contributed by atoms with Crippen molar-refractivity contribution >= 4 is 16.9 Å². The van der Waals surface area contributed by atoms with E-state index in [9.17, 15) is 9.90 Å². The number of fused-ring (bicyclic) bond motifs is 2. The molecule has 6 rings (SSSR count). The van der Waals surface area contributed by atoms with Gasteiger partial charge in [-0.05, 0) is 65.1 Å². The fraction of sp³-hybridized carbons (Fsp3) is 0.481. The van der Waals surface area contributed by atoms with E-state index < -0.39 is 5.60 Å². The number of benzene rings is 1. The Balaban J connectivity index is 1.42. The molecule has 4 heterocycles. The summed E-state index contributed by atoms with van der Waals surface area (Å²) < 4.78 is 5.80. The van der Waals surface area contributed by atoms with Gasteiger partial charge in [-0.15, -0.1) is 0 Å². The van der Waals surface area contributed by atoms with Gasteiger partial charge in [-0.1, -0.05) is 19.9 Å². The Morgan fingerprint density at radius 1 is 1.26 bits per heavy atom. The fourth-order valence-electron chi connectivity index (χ4n) is 5.40. The molecule has 1 atom stereocenters. The highest BCUT2D eigenvalue weighted by molar-refractivity contribution is 5.88. The predicted molar refractivity (Wildman–Crippen MR) is 130 cm³/mol. The Kier molecular flexibility index (Phi) is 5.24. The maximum absolute atomic E-state index is 12.9. The molecule has 178 valence electrons. The molecule has 0 spiro atoms. The molecule has 2 aliphatic heterocycles. The second kappa shape index (κ2) is 8.18. The highest BCUT2D eigenvalue weighted by Crippen LogP contribution is 2.40. The van der Waals surface area contributed by atoms with Crippen LogP contribution in [0.4, 0.5) is 0 Å². The first-order valence-electron chi connectivity index (χ1n) is 12.4. The molecule has 1 amide bonds. The minimum atomic E-state index is -1.13. The lowest BCUT2D eigenvalue weighted by molar-refractivity contribution is -0.143. The standard InChI is InChI=1S/C27H32N4O3/c1-16(2)22-13-30-25-21(22)11-19(12-29-25)18-9-17-3-7-31(26(32)27(33)4-5-27)14-23(17)20(10-18)24-15-34-8-6-28-24/h9-13,16,24,28,33H,3-8,14-15H2,1-2H3,(H,29,30)/t24-/m0/s1. The van der Waals surface area contributed by atoms with E-state index in [2.05, 4.69) is 48.5 Å². The molecule has 34 heavy (non-hydrogen) atoms. The smallest absolute Gasteiger partial charge is 0.254 e. The van der Waals surface area contributed by atoms with Crippen LogP contribution in [0.25, 0.3) is 22.2 Å². The van der Waals surface area contributed by atoms with Crippen molar-refractivity contribution in [2.45, 2.75) is 57.2 Å². The number of pyridine rings is 1. The second-order valence-electron chi connectivity index (χ2n) is 10.3. The van der Waals surface area contributed by atoms with Crippen LogP contribution in [0.2, 0.25) is 0 Å². The van der Waals surface area contributed by atoms with Crippen LogP contribution in [0.15, 0.2) is 30.6 Å². The molecule has 1 saturated carbocycles. The van der Waals surface area contributed by atoms with Crippen LogP contribution in [0.3, 0.4) is 0 Å². The zero-order valence-corrected chi connectivity index (χ0v) is 19.9. The molecule has 1 aromatic carbocycles. The van der Waals surface area contributed by atoms with Crippen molar-refractivity contribution in [1.82, 2.24) is 20.2 Å². The van der Waals surface area contributed by atoms with Gasteiger partial charge in [0.1, 0.15) is 11.2 Å². The Labute approximate surface area is 199 Å². The summed E-state index contributed by atoms with van der Waals surface area (Å²) in [5.41, 5.74) is 6.95. The quantitative estimate of drug-likeness (QED) is 0.555. The van der Waals surface area contributed by atoms with Gasteiger partial charge in [-0.2, -0.15) is 0 Å². The first-order chi connectivity index (χ1) is 16.4. The van der Waals surface area contributed by atoms with E-state index in [1.807, 2.05) is 11.1 Å². The molecule has 0 unspecified atom stereocenters. The second-order valence-corrected chi connectivity index (χ2v) is 10.3. The molecule has 3 N–H and O–H groups in total. The zero-order valence-electron chi connectivity index (χ0n) is 19.9. The van der Waals surface area contributed by atoms with E-state index in [-0.39, 0.29) is 11.9 Å². The molecule has 7 heteroatoms. The van der Waals surface area contributed by atoms with Crippen LogP contribution in [0.1, 0.15) is 60.9 Å². The number of rotatable bonds is 4. The summed E-state index contributed by atoms with van der Waals surface area (Å²) in [6.45, 7) is 7.71. The summed E-state index contributed by atoms with van der Waals surface area (Å²) in [7, 11) is 0. The number of amides is 1. The van der Waals surface area contributed by atoms with E-state index >= 15 is 0 Å². The van der Waals surface area contributed by atoms with Crippen molar-refractivity contribution in [3.8, 4) is 11.1 Å². The van der Waals surface area contributed by atoms with E-state index in [4.69, 9.17) is 9.72 Å². The molecule has 3 aliphatic rings. The van der Waals surface area contributed by atoms with Gasteiger partial charge in [-0.25, -0.2) is 4.98 Å². The molecule has 2 fully saturated rings. The molecule has 3 aromatic rings. The third-order valence-corrected chi connectivity index (χ3v) is 7.60. The normalized spacial score (nSPS) is 21.6. The Hall–Kier alpha value is -2.74. The third-order valence-electron chi connectivity index (χ3n) is 7.60. The van der Waals surface area contributed by atoms with Crippen LogP contribution >= 0.6 is 0 Å². The van der Waals surface area contributed by atoms with Crippen molar-refractivity contribution in [3.63, 3.8) is 0 Å². The Morgan fingerprint density at radius 2 is 2.12 bits per heavy atom. The molecule has 7 nitrogen and oxygen atoms in total. The van der Waals surface area contributed by atoms with Gasteiger partial charge in [0.25, 0.3) is 5.91 Å². The fourth-order valence-corrected chi connectivity index (χ4v) is 5.40. The highest BCUT2D eigenvalue weighted by Gasteiger charge is 2.50. The maximum Gasteiger partial charge on any atom is 0.254 e. The van der Waals surface area contributed by atoms with Gasteiger partial charge in [0.15, 0.2) is 0 Å². The Bertz CT molecular complexity index is 1250. The highest BCUT2D eigenvalue weighted by atomic mass is 16.5. The van der Waals surface area contributed by atoms with Crippen molar-refractivity contribution in [2.75, 3.05) is 26.3 Å². The summed E-state index contributed by atoms with van der Waals surface area (Å²) in [4.78, 5) is 22.7. The average Bonchev–Trinajstić information content (AvgIpc) is 3.47. The van der Waals surface area contributed by atoms with Gasteiger partial charge in [0.2, 0.25) is 0 Å². The first kappa shape index (κ1) is 21.8. The van der Waals surface area contributed by atoms with Gasteiger partial charge >= 0.3 is 0 Å². The van der Waals surface area contributed by atoms with Gasteiger partial charge in [-0.3, -0.25) is 4.79 Å². The summed E-state index contributed by atoms with van der Waals surface area (Å²) in [5, 5.41) is 15.2. The summed E-state index contributed by atoms with van der Waals surface area (Å²) >= 11 is 0. The maximum atomic E-state index is 12.9. The number of carbonyl (C=O) groups excluding carboxylic acids is 1. The van der Waals surface area contributed by atoms with Crippen LogP contribution in [0.5, 0.6) is 0 Å². The number of aliphatic hydroxyl groups is 1. The van der Waals surface area contributed by atoms with Gasteiger partial charge in [0.05, 0.1) is 19.3 Å². The topological polar surface area (TPSA) is 90.5 Å². The van der Waals surface area contributed by atoms with E-state index in [1.165, 1.54) is 27.6 Å². The monoisotopic (exact) mass is 460 g/mol. The number of H-pyrrole nitrogens is 1. The number of nitrogens with one attached hydrogen (secondary N) is 2. The lowest BCUT2D eigenvalue weighted by Gasteiger charge is -2.35. The van der Waals surface area contributed by atoms with E-state index in [1.54, 1.807) is 0 Å². The number of hydrogen-bond donors (Lipinski definition) is 3. The molecule has 2 aromatic heterocycles. The predicted octanol–water partition coefficient (Wildman–Crippen LogP) is 3.42. The van der Waals surface area contributed by atoms with Crippen molar-refractivity contribution < 1.29 is 14.6 Å². The van der Waals surface area contributed by atoms with Crippen LogP contribution in [-0.4, -0.2) is 57.8 Å². The number of morpholine rings is 1. The van der Waals surface area contributed by atoms with Gasteiger partial charge < -0.3 is 25.0 Å². The lowest BCUT2D eigenvalue weighted by Crippen LogP contribution is -2.44. The molecule has 1 saturated heterocycles. The van der Waals surface area contributed by atoms with Crippen molar-refractivity contribution in [3.05, 3.63) is 52.8 Å². The molecular weight excluding hydrogens is 428 g/mol. The molecular formula is C27H32N4O3. The van der Waals surface area contributed by atoms with Crippen LogP contribution in [0, 0.1) is 0 Å². The lowest BCUT2D eigenvalue weighted by atomic mass is 9.87. The molecule has 1 aliphatic carbocycles. The number of hydrogen-bond acceptors (Lipinski definition) is 5. The zero-order chi connectivity index (χ0) is 23.4. The van der Waals surface area contributed by atoms with Crippen LogP contribution < -0.4 is 5.32 Å². The number of aromatic amines is 1. The summed E-state index contributed by atoms with van der Waals surface area (Å²) in [5.74, 6) is 0.294. The third kappa shape index (κ3) is 3.72. The average molecular weight is 461 g/mol. The minimum absolute atomic E-state index is 0.0803. The Morgan fingerprint density at radius 3 is 2.85 bits per heavy atom. The number of aromatic nitrogens is 2. The van der Waals surface area contributed by atoms with E-state index in [0.29, 0.717) is 45.1 Å². The number of carbonyl (C=O) groups is 1. The first-order valence-corrected chi connectivity index (χ1v) is 12.4. The minimum Gasteiger partial charge on any atom is -0.380 e. The van der Waals surface area contributed by atoms with Crippen molar-refractivity contribution in [2.24, 2.45) is 0 Å². The number of nitrogens with zero attached hydrogens (tertiary/aromatic N) is 2.